The Bertz CT molecular complexity index is 379. The van der Waals surface area contributed by atoms with Gasteiger partial charge in [-0.1, -0.05) is 17.5 Å². The van der Waals surface area contributed by atoms with Gasteiger partial charge in [-0.15, -0.1) is 6.42 Å². The van der Waals surface area contributed by atoms with E-state index in [1.165, 1.54) is 0 Å². The van der Waals surface area contributed by atoms with Crippen molar-refractivity contribution in [3.8, 4) is 12.3 Å². The van der Waals surface area contributed by atoms with Gasteiger partial charge in [-0.05, 0) is 40.8 Å². The molecule has 66 valence electrons. The number of Topliss-reactive ketones (excluding diaryl/α,β-unsaturated/α-hetero) is 1. The molecular weight excluding hydrogens is 298 g/mol. The number of ketones is 1. The molecule has 3 heteroatoms. The summed E-state index contributed by atoms with van der Waals surface area (Å²) in [5.41, 5.74) is 0.603. The molecule has 0 unspecified atom stereocenters. The number of halogens is 2. The van der Waals surface area contributed by atoms with E-state index in [1.54, 1.807) is 18.2 Å². The minimum Gasteiger partial charge on any atom is -0.293 e. The standard InChI is InChI=1S/C10H6ClIO/c1-2-3-10(13)8-6-7(11)4-5-9(8)12/h1,4-6H,3H2. The van der Waals surface area contributed by atoms with Crippen molar-refractivity contribution in [2.24, 2.45) is 0 Å². The van der Waals surface area contributed by atoms with E-state index < -0.39 is 0 Å². The zero-order valence-corrected chi connectivity index (χ0v) is 9.59. The minimum absolute atomic E-state index is 0.0607. The molecule has 0 atom stereocenters. The Hall–Kier alpha value is -0.530. The smallest absolute Gasteiger partial charge is 0.175 e. The second kappa shape index (κ2) is 4.64. The van der Waals surface area contributed by atoms with Crippen LogP contribution < -0.4 is 0 Å². The zero-order chi connectivity index (χ0) is 9.84. The summed E-state index contributed by atoms with van der Waals surface area (Å²) in [5, 5.41) is 0.556. The lowest BCUT2D eigenvalue weighted by molar-refractivity contribution is 0.0997. The fraction of sp³-hybridized carbons (Fsp3) is 0.100. The van der Waals surface area contributed by atoms with Crippen molar-refractivity contribution in [2.75, 3.05) is 0 Å². The second-order valence-corrected chi connectivity index (χ2v) is 4.03. The van der Waals surface area contributed by atoms with Gasteiger partial charge in [0.05, 0.1) is 6.42 Å². The molecule has 0 spiro atoms. The predicted molar refractivity (Wildman–Crippen MR) is 61.9 cm³/mol. The fourth-order valence-electron chi connectivity index (χ4n) is 0.899. The summed E-state index contributed by atoms with van der Waals surface area (Å²) in [4.78, 5) is 11.4. The third kappa shape index (κ3) is 2.71. The van der Waals surface area contributed by atoms with Crippen LogP contribution in [0.1, 0.15) is 16.8 Å². The Kier molecular flexibility index (Phi) is 3.76. The molecule has 0 bridgehead atoms. The van der Waals surface area contributed by atoms with Gasteiger partial charge < -0.3 is 0 Å². The molecule has 0 aliphatic carbocycles. The van der Waals surface area contributed by atoms with Crippen LogP contribution in [-0.2, 0) is 0 Å². The highest BCUT2D eigenvalue weighted by atomic mass is 127. The topological polar surface area (TPSA) is 17.1 Å². The minimum atomic E-state index is -0.0607. The molecule has 0 aliphatic heterocycles. The van der Waals surface area contributed by atoms with E-state index in [9.17, 15) is 4.79 Å². The van der Waals surface area contributed by atoms with Crippen LogP contribution in [0, 0.1) is 15.9 Å². The van der Waals surface area contributed by atoms with Crippen molar-refractivity contribution in [2.45, 2.75) is 6.42 Å². The van der Waals surface area contributed by atoms with Gasteiger partial charge in [0.15, 0.2) is 5.78 Å². The predicted octanol–water partition coefficient (Wildman–Crippen LogP) is 3.15. The monoisotopic (exact) mass is 304 g/mol. The number of benzene rings is 1. The Balaban J connectivity index is 3.07. The summed E-state index contributed by atoms with van der Waals surface area (Å²) in [6.45, 7) is 0. The molecule has 13 heavy (non-hydrogen) atoms. The third-order valence-electron chi connectivity index (χ3n) is 1.49. The van der Waals surface area contributed by atoms with Crippen molar-refractivity contribution in [3.05, 3.63) is 32.4 Å². The molecule has 0 amide bonds. The summed E-state index contributed by atoms with van der Waals surface area (Å²) in [5.74, 6) is 2.26. The highest BCUT2D eigenvalue weighted by molar-refractivity contribution is 14.1. The fourth-order valence-corrected chi connectivity index (χ4v) is 1.71. The van der Waals surface area contributed by atoms with E-state index in [-0.39, 0.29) is 12.2 Å². The lowest BCUT2D eigenvalue weighted by atomic mass is 10.1. The highest BCUT2D eigenvalue weighted by Gasteiger charge is 2.08. The normalized spacial score (nSPS) is 9.31. The first-order chi connectivity index (χ1) is 6.15. The van der Waals surface area contributed by atoms with Crippen molar-refractivity contribution >= 4 is 40.0 Å². The van der Waals surface area contributed by atoms with Crippen LogP contribution >= 0.6 is 34.2 Å². The summed E-state index contributed by atoms with van der Waals surface area (Å²) < 4.78 is 0.877. The molecule has 1 rings (SSSR count). The lowest BCUT2D eigenvalue weighted by Crippen LogP contribution is -1.99. The van der Waals surface area contributed by atoms with Gasteiger partial charge in [0.2, 0.25) is 0 Å². The van der Waals surface area contributed by atoms with Crippen LogP contribution in [0.25, 0.3) is 0 Å². The number of terminal acetylenes is 1. The zero-order valence-electron chi connectivity index (χ0n) is 6.68. The van der Waals surface area contributed by atoms with Crippen LogP contribution in [-0.4, -0.2) is 5.78 Å². The van der Waals surface area contributed by atoms with E-state index in [4.69, 9.17) is 18.0 Å². The largest absolute Gasteiger partial charge is 0.293 e. The Morgan fingerprint density at radius 1 is 1.62 bits per heavy atom. The van der Waals surface area contributed by atoms with Crippen molar-refractivity contribution in [3.63, 3.8) is 0 Å². The van der Waals surface area contributed by atoms with E-state index >= 15 is 0 Å². The van der Waals surface area contributed by atoms with Gasteiger partial charge in [0.25, 0.3) is 0 Å². The molecule has 0 N–H and O–H groups in total. The quantitative estimate of drug-likeness (QED) is 0.466. The summed E-state index contributed by atoms with van der Waals surface area (Å²) in [6.07, 6.45) is 5.17. The van der Waals surface area contributed by atoms with Crippen LogP contribution in [0.2, 0.25) is 5.02 Å². The number of hydrogen-bond acceptors (Lipinski definition) is 1. The van der Waals surface area contributed by atoms with Gasteiger partial charge in [-0.2, -0.15) is 0 Å². The van der Waals surface area contributed by atoms with Crippen molar-refractivity contribution < 1.29 is 4.79 Å². The van der Waals surface area contributed by atoms with Crippen LogP contribution in [0.4, 0.5) is 0 Å². The summed E-state index contributed by atoms with van der Waals surface area (Å²) in [6, 6.07) is 5.19. The molecule has 0 saturated carbocycles. The molecule has 0 aliphatic rings. The van der Waals surface area contributed by atoms with Gasteiger partial charge >= 0.3 is 0 Å². The first kappa shape index (κ1) is 10.6. The van der Waals surface area contributed by atoms with Crippen LogP contribution in [0.5, 0.6) is 0 Å². The van der Waals surface area contributed by atoms with Gasteiger partial charge in [-0.3, -0.25) is 4.79 Å². The molecule has 0 heterocycles. The second-order valence-electron chi connectivity index (χ2n) is 2.43. The van der Waals surface area contributed by atoms with Gasteiger partial charge in [-0.25, -0.2) is 0 Å². The molecule has 0 saturated heterocycles. The van der Waals surface area contributed by atoms with Crippen LogP contribution in [0.15, 0.2) is 18.2 Å². The molecule has 0 radical (unpaired) electrons. The van der Waals surface area contributed by atoms with Gasteiger partial charge in [0, 0.05) is 14.2 Å². The first-order valence-corrected chi connectivity index (χ1v) is 5.02. The Labute approximate surface area is 95.6 Å². The first-order valence-electron chi connectivity index (χ1n) is 3.57. The molecule has 1 aromatic rings. The maximum absolute atomic E-state index is 11.4. The van der Waals surface area contributed by atoms with E-state index in [1.807, 2.05) is 0 Å². The number of carbonyl (C=O) groups excluding carboxylic acids is 1. The van der Waals surface area contributed by atoms with E-state index in [0.29, 0.717) is 10.6 Å². The van der Waals surface area contributed by atoms with Crippen molar-refractivity contribution in [1.82, 2.24) is 0 Å². The SMILES string of the molecule is C#CCC(=O)c1cc(Cl)ccc1I. The lowest BCUT2D eigenvalue weighted by Gasteiger charge is -2.01. The molecule has 1 nitrogen and oxygen atoms in total. The maximum atomic E-state index is 11.4. The summed E-state index contributed by atoms with van der Waals surface area (Å²) >= 11 is 7.84. The highest BCUT2D eigenvalue weighted by Crippen LogP contribution is 2.19. The molecule has 1 aromatic carbocycles. The third-order valence-corrected chi connectivity index (χ3v) is 2.67. The maximum Gasteiger partial charge on any atom is 0.175 e. The average molecular weight is 305 g/mol. The number of hydrogen-bond donors (Lipinski definition) is 0. The van der Waals surface area contributed by atoms with Gasteiger partial charge in [0.1, 0.15) is 0 Å². The Morgan fingerprint density at radius 2 is 2.31 bits per heavy atom. The Morgan fingerprint density at radius 3 is 2.92 bits per heavy atom. The molecular formula is C10H6ClIO. The molecule has 0 fully saturated rings. The number of rotatable bonds is 2. The average Bonchev–Trinajstić information content (AvgIpc) is 2.09. The summed E-state index contributed by atoms with van der Waals surface area (Å²) in [7, 11) is 0. The number of carbonyl (C=O) groups is 1. The van der Waals surface area contributed by atoms with Crippen molar-refractivity contribution in [1.29, 1.82) is 0 Å². The van der Waals surface area contributed by atoms with E-state index in [2.05, 4.69) is 28.5 Å². The van der Waals surface area contributed by atoms with E-state index in [0.717, 1.165) is 3.57 Å². The van der Waals surface area contributed by atoms with Crippen LogP contribution in [0.3, 0.4) is 0 Å². The molecule has 0 aromatic heterocycles.